The topological polar surface area (TPSA) is 29.3 Å². The fourth-order valence-corrected chi connectivity index (χ4v) is 3.98. The fraction of sp³-hybridized carbons (Fsp3) is 0.625. The zero-order valence-corrected chi connectivity index (χ0v) is 14.5. The van der Waals surface area contributed by atoms with Crippen LogP contribution in [-0.4, -0.2) is 24.0 Å². The van der Waals surface area contributed by atoms with Gasteiger partial charge in [0, 0.05) is 28.1 Å². The molecule has 0 saturated heterocycles. The number of nitrogens with two attached hydrogens (primary N) is 1. The van der Waals surface area contributed by atoms with Crippen molar-refractivity contribution >= 4 is 27.5 Å². The predicted octanol–water partition coefficient (Wildman–Crippen LogP) is 4.76. The molecule has 2 rings (SSSR count). The summed E-state index contributed by atoms with van der Waals surface area (Å²) in [5.74, 6) is 0. The maximum absolute atomic E-state index is 6.41. The summed E-state index contributed by atoms with van der Waals surface area (Å²) in [5.41, 5.74) is 7.24. The molecule has 0 aliphatic heterocycles. The van der Waals surface area contributed by atoms with Crippen LogP contribution in [0, 0.1) is 0 Å². The monoisotopic (exact) mass is 358 g/mol. The zero-order valence-electron chi connectivity index (χ0n) is 12.1. The Labute approximate surface area is 135 Å². The van der Waals surface area contributed by atoms with Crippen molar-refractivity contribution in [3.8, 4) is 0 Å². The van der Waals surface area contributed by atoms with Crippen molar-refractivity contribution in [2.24, 2.45) is 5.73 Å². The van der Waals surface area contributed by atoms with Gasteiger partial charge in [-0.25, -0.2) is 0 Å². The molecule has 1 aromatic carbocycles. The van der Waals surface area contributed by atoms with Crippen molar-refractivity contribution < 1.29 is 0 Å². The third-order valence-corrected chi connectivity index (χ3v) is 5.19. The van der Waals surface area contributed by atoms with Gasteiger partial charge < -0.3 is 5.73 Å². The van der Waals surface area contributed by atoms with Crippen molar-refractivity contribution in [3.05, 3.63) is 33.3 Å². The highest BCUT2D eigenvalue weighted by Crippen LogP contribution is 2.34. The number of halogens is 2. The van der Waals surface area contributed by atoms with Gasteiger partial charge in [0.1, 0.15) is 0 Å². The van der Waals surface area contributed by atoms with E-state index in [1.54, 1.807) is 0 Å². The van der Waals surface area contributed by atoms with Gasteiger partial charge in [-0.2, -0.15) is 0 Å². The molecule has 1 fully saturated rings. The lowest BCUT2D eigenvalue weighted by atomic mass is 9.92. The third kappa shape index (κ3) is 3.76. The van der Waals surface area contributed by atoms with Gasteiger partial charge in [-0.3, -0.25) is 4.90 Å². The van der Waals surface area contributed by atoms with E-state index in [1.165, 1.54) is 32.1 Å². The van der Waals surface area contributed by atoms with Gasteiger partial charge in [0.25, 0.3) is 0 Å². The Morgan fingerprint density at radius 3 is 2.65 bits per heavy atom. The Morgan fingerprint density at radius 1 is 1.35 bits per heavy atom. The second-order valence-electron chi connectivity index (χ2n) is 5.54. The van der Waals surface area contributed by atoms with E-state index in [1.807, 2.05) is 12.1 Å². The zero-order chi connectivity index (χ0) is 14.5. The lowest BCUT2D eigenvalue weighted by Crippen LogP contribution is -2.42. The minimum atomic E-state index is 0.216. The van der Waals surface area contributed by atoms with E-state index < -0.39 is 0 Å². The molecule has 1 saturated carbocycles. The quantitative estimate of drug-likeness (QED) is 0.821. The SMILES string of the molecule is CCN(C1CCCCC1)C(CN)c1cc(Br)ccc1Cl. The predicted molar refractivity (Wildman–Crippen MR) is 90.2 cm³/mol. The van der Waals surface area contributed by atoms with Crippen LogP contribution in [0.15, 0.2) is 22.7 Å². The Kier molecular flexibility index (Phi) is 6.34. The highest BCUT2D eigenvalue weighted by molar-refractivity contribution is 9.10. The normalized spacial score (nSPS) is 18.4. The number of hydrogen-bond donors (Lipinski definition) is 1. The van der Waals surface area contributed by atoms with Crippen molar-refractivity contribution in [1.82, 2.24) is 4.90 Å². The Balaban J connectivity index is 2.26. The lowest BCUT2D eigenvalue weighted by Gasteiger charge is -2.39. The van der Waals surface area contributed by atoms with Gasteiger partial charge in [-0.15, -0.1) is 0 Å². The molecular formula is C16H24BrClN2. The molecule has 1 aliphatic carbocycles. The molecule has 1 atom stereocenters. The average molecular weight is 360 g/mol. The summed E-state index contributed by atoms with van der Waals surface area (Å²) in [6.45, 7) is 3.86. The van der Waals surface area contributed by atoms with Gasteiger partial charge in [-0.1, -0.05) is 53.7 Å². The van der Waals surface area contributed by atoms with E-state index in [2.05, 4.69) is 33.8 Å². The van der Waals surface area contributed by atoms with Crippen LogP contribution in [0.2, 0.25) is 5.02 Å². The Bertz CT molecular complexity index is 432. The van der Waals surface area contributed by atoms with Crippen LogP contribution in [0.25, 0.3) is 0 Å². The molecule has 2 nitrogen and oxygen atoms in total. The van der Waals surface area contributed by atoms with E-state index in [4.69, 9.17) is 17.3 Å². The molecule has 1 aromatic rings. The number of benzene rings is 1. The maximum Gasteiger partial charge on any atom is 0.0488 e. The largest absolute Gasteiger partial charge is 0.329 e. The van der Waals surface area contributed by atoms with Crippen LogP contribution in [0.3, 0.4) is 0 Å². The molecule has 0 bridgehead atoms. The molecule has 1 aliphatic rings. The number of rotatable bonds is 5. The second-order valence-corrected chi connectivity index (χ2v) is 6.86. The van der Waals surface area contributed by atoms with E-state index in [9.17, 15) is 0 Å². The van der Waals surface area contributed by atoms with Crippen molar-refractivity contribution in [2.75, 3.05) is 13.1 Å². The number of nitrogens with zero attached hydrogens (tertiary/aromatic N) is 1. The van der Waals surface area contributed by atoms with Crippen LogP contribution < -0.4 is 5.73 Å². The van der Waals surface area contributed by atoms with Crippen LogP contribution >= 0.6 is 27.5 Å². The van der Waals surface area contributed by atoms with Gasteiger partial charge in [0.15, 0.2) is 0 Å². The highest BCUT2D eigenvalue weighted by Gasteiger charge is 2.28. The Hall–Kier alpha value is -0.0900. The molecule has 0 aromatic heterocycles. The molecule has 0 radical (unpaired) electrons. The van der Waals surface area contributed by atoms with Crippen LogP contribution in [0.1, 0.15) is 50.6 Å². The Morgan fingerprint density at radius 2 is 2.05 bits per heavy atom. The molecular weight excluding hydrogens is 336 g/mol. The smallest absolute Gasteiger partial charge is 0.0488 e. The molecule has 112 valence electrons. The molecule has 20 heavy (non-hydrogen) atoms. The summed E-state index contributed by atoms with van der Waals surface area (Å²) >= 11 is 9.95. The summed E-state index contributed by atoms with van der Waals surface area (Å²) in [6, 6.07) is 6.92. The first-order valence-electron chi connectivity index (χ1n) is 7.58. The standard InChI is InChI=1S/C16H24BrClN2/c1-2-20(13-6-4-3-5-7-13)16(11-19)14-10-12(17)8-9-15(14)18/h8-10,13,16H,2-7,11,19H2,1H3. The lowest BCUT2D eigenvalue weighted by molar-refractivity contribution is 0.114. The molecule has 0 spiro atoms. The second kappa shape index (κ2) is 7.79. The van der Waals surface area contributed by atoms with Gasteiger partial charge in [0.05, 0.1) is 0 Å². The summed E-state index contributed by atoms with van der Waals surface area (Å²) in [6.07, 6.45) is 6.63. The number of likely N-dealkylation sites (N-methyl/N-ethyl adjacent to an activating group) is 1. The van der Waals surface area contributed by atoms with Crippen molar-refractivity contribution in [1.29, 1.82) is 0 Å². The molecule has 4 heteroatoms. The molecule has 0 amide bonds. The highest BCUT2D eigenvalue weighted by atomic mass is 79.9. The first-order valence-corrected chi connectivity index (χ1v) is 8.75. The van der Waals surface area contributed by atoms with Crippen molar-refractivity contribution in [2.45, 2.75) is 51.1 Å². The van der Waals surface area contributed by atoms with Gasteiger partial charge in [0.2, 0.25) is 0 Å². The van der Waals surface area contributed by atoms with E-state index in [-0.39, 0.29) is 6.04 Å². The van der Waals surface area contributed by atoms with Crippen molar-refractivity contribution in [3.63, 3.8) is 0 Å². The summed E-state index contributed by atoms with van der Waals surface area (Å²) < 4.78 is 1.06. The number of hydrogen-bond acceptors (Lipinski definition) is 2. The van der Waals surface area contributed by atoms with Crippen LogP contribution in [0.4, 0.5) is 0 Å². The third-order valence-electron chi connectivity index (χ3n) is 4.35. The first kappa shape index (κ1) is 16.3. The molecule has 0 heterocycles. The summed E-state index contributed by atoms with van der Waals surface area (Å²) in [4.78, 5) is 2.55. The first-order chi connectivity index (χ1) is 9.67. The van der Waals surface area contributed by atoms with E-state index in [0.717, 1.165) is 21.6 Å². The molecule has 1 unspecified atom stereocenters. The van der Waals surface area contributed by atoms with Gasteiger partial charge in [-0.05, 0) is 43.1 Å². The maximum atomic E-state index is 6.41. The van der Waals surface area contributed by atoms with E-state index in [0.29, 0.717) is 12.6 Å². The summed E-state index contributed by atoms with van der Waals surface area (Å²) in [5, 5.41) is 0.818. The van der Waals surface area contributed by atoms with Crippen LogP contribution in [-0.2, 0) is 0 Å². The summed E-state index contributed by atoms with van der Waals surface area (Å²) in [7, 11) is 0. The van der Waals surface area contributed by atoms with Gasteiger partial charge >= 0.3 is 0 Å². The molecule has 2 N–H and O–H groups in total. The fourth-order valence-electron chi connectivity index (χ4n) is 3.36. The average Bonchev–Trinajstić information content (AvgIpc) is 2.48. The minimum absolute atomic E-state index is 0.216. The minimum Gasteiger partial charge on any atom is -0.329 e. The van der Waals surface area contributed by atoms with E-state index >= 15 is 0 Å². The van der Waals surface area contributed by atoms with Crippen LogP contribution in [0.5, 0.6) is 0 Å².